The number of ether oxygens (including phenoxy) is 2. The predicted octanol–water partition coefficient (Wildman–Crippen LogP) is 4.20. The lowest BCUT2D eigenvalue weighted by Crippen LogP contribution is -2.59. The molecule has 1 saturated carbocycles. The van der Waals surface area contributed by atoms with E-state index in [0.29, 0.717) is 18.4 Å². The van der Waals surface area contributed by atoms with Crippen molar-refractivity contribution >= 4 is 5.90 Å². The molecule has 0 spiro atoms. The van der Waals surface area contributed by atoms with Gasteiger partial charge in [0.1, 0.15) is 6.10 Å². The van der Waals surface area contributed by atoms with Gasteiger partial charge in [-0.1, -0.05) is 36.6 Å². The summed E-state index contributed by atoms with van der Waals surface area (Å²) in [5.41, 5.74) is -0.838. The van der Waals surface area contributed by atoms with Crippen LogP contribution < -0.4 is 0 Å². The van der Waals surface area contributed by atoms with Gasteiger partial charge in [0.15, 0.2) is 5.41 Å². The molecule has 2 bridgehead atoms. The summed E-state index contributed by atoms with van der Waals surface area (Å²) >= 11 is 0. The number of hydrogen-bond acceptors (Lipinski definition) is 6. The summed E-state index contributed by atoms with van der Waals surface area (Å²) in [5, 5.41) is 39.4. The molecule has 6 heteroatoms. The molecule has 3 fully saturated rings. The first-order chi connectivity index (χ1) is 13.4. The van der Waals surface area contributed by atoms with Crippen LogP contribution in [0.3, 0.4) is 0 Å². The molecule has 1 aliphatic carbocycles. The zero-order valence-corrected chi connectivity index (χ0v) is 16.1. The SMILES string of the molecule is Cc1ccc(C2OC34CCCCCC3C(C#N)(C(=N)O4)C2(C#N)C#N)c(C)c1. The first-order valence-electron chi connectivity index (χ1n) is 9.67. The number of aryl methyl sites for hydroxylation is 2. The van der Waals surface area contributed by atoms with Crippen molar-refractivity contribution in [2.75, 3.05) is 0 Å². The minimum absolute atomic E-state index is 0.294. The molecule has 0 radical (unpaired) electrons. The van der Waals surface area contributed by atoms with Crippen molar-refractivity contribution < 1.29 is 9.47 Å². The average Bonchev–Trinajstić information content (AvgIpc) is 2.80. The van der Waals surface area contributed by atoms with Crippen molar-refractivity contribution in [1.82, 2.24) is 0 Å². The quantitative estimate of drug-likeness (QED) is 0.791. The van der Waals surface area contributed by atoms with Crippen molar-refractivity contribution in [2.24, 2.45) is 16.7 Å². The fraction of sp³-hybridized carbons (Fsp3) is 0.545. The maximum Gasteiger partial charge on any atom is 0.217 e. The summed E-state index contributed by atoms with van der Waals surface area (Å²) in [6.45, 7) is 3.88. The maximum atomic E-state index is 10.3. The fourth-order valence-electron chi connectivity index (χ4n) is 5.44. The molecule has 2 aliphatic heterocycles. The molecule has 2 heterocycles. The second kappa shape index (κ2) is 6.06. The second-order valence-electron chi connectivity index (χ2n) is 8.20. The van der Waals surface area contributed by atoms with Crippen LogP contribution in [0.2, 0.25) is 0 Å². The molecule has 1 N–H and O–H groups in total. The Balaban J connectivity index is 2.02. The molecular weight excluding hydrogens is 352 g/mol. The van der Waals surface area contributed by atoms with Crippen molar-refractivity contribution in [3.05, 3.63) is 34.9 Å². The molecule has 0 aromatic heterocycles. The van der Waals surface area contributed by atoms with E-state index >= 15 is 0 Å². The van der Waals surface area contributed by atoms with E-state index in [1.165, 1.54) is 0 Å². The van der Waals surface area contributed by atoms with Crippen LogP contribution in [0.25, 0.3) is 0 Å². The number of hydrogen-bond donors (Lipinski definition) is 1. The van der Waals surface area contributed by atoms with E-state index in [1.54, 1.807) is 0 Å². The van der Waals surface area contributed by atoms with Gasteiger partial charge in [-0.25, -0.2) is 0 Å². The van der Waals surface area contributed by atoms with Crippen LogP contribution in [0.1, 0.15) is 54.9 Å². The Morgan fingerprint density at radius 1 is 1.07 bits per heavy atom. The van der Waals surface area contributed by atoms with Gasteiger partial charge < -0.3 is 9.47 Å². The van der Waals surface area contributed by atoms with Crippen LogP contribution >= 0.6 is 0 Å². The molecule has 28 heavy (non-hydrogen) atoms. The summed E-state index contributed by atoms with van der Waals surface area (Å²) in [6, 6.07) is 12.2. The minimum atomic E-state index is -1.85. The molecule has 1 aromatic carbocycles. The third kappa shape index (κ3) is 2.00. The van der Waals surface area contributed by atoms with Crippen LogP contribution in [0.15, 0.2) is 18.2 Å². The zero-order chi connectivity index (χ0) is 20.2. The van der Waals surface area contributed by atoms with Crippen molar-refractivity contribution in [2.45, 2.75) is 57.8 Å². The Hall–Kier alpha value is -2.88. The third-order valence-corrected chi connectivity index (χ3v) is 6.77. The Morgan fingerprint density at radius 3 is 2.46 bits per heavy atom. The van der Waals surface area contributed by atoms with Gasteiger partial charge in [0.05, 0.1) is 24.1 Å². The Bertz CT molecular complexity index is 968. The van der Waals surface area contributed by atoms with Crippen molar-refractivity contribution in [3.8, 4) is 18.2 Å². The molecular formula is C22H22N4O2. The Morgan fingerprint density at radius 2 is 1.82 bits per heavy atom. The highest BCUT2D eigenvalue weighted by Gasteiger charge is 2.80. The lowest BCUT2D eigenvalue weighted by Gasteiger charge is -2.49. The lowest BCUT2D eigenvalue weighted by atomic mass is 9.52. The standard InChI is InChI=1S/C22H22N4O2/c1-14-7-8-16(15(2)10-14)18-20(11-23,12-24)21(13-25)17-6-4-3-5-9-22(17,27-18)28-19(21)26/h7-8,10,17-18,26H,3-6,9H2,1-2H3. The van der Waals surface area contributed by atoms with Gasteiger partial charge in [0, 0.05) is 6.42 Å². The fourth-order valence-corrected chi connectivity index (χ4v) is 5.44. The Labute approximate surface area is 164 Å². The first kappa shape index (κ1) is 18.5. The summed E-state index contributed by atoms with van der Waals surface area (Å²) in [4.78, 5) is 0. The largest absolute Gasteiger partial charge is 0.447 e. The number of nitriles is 3. The van der Waals surface area contributed by atoms with E-state index in [2.05, 4.69) is 18.2 Å². The normalized spacial score (nSPS) is 35.5. The van der Waals surface area contributed by atoms with Crippen LogP contribution in [-0.2, 0) is 9.47 Å². The molecule has 142 valence electrons. The first-order valence-corrected chi connectivity index (χ1v) is 9.67. The highest BCUT2D eigenvalue weighted by Crippen LogP contribution is 2.69. The van der Waals surface area contributed by atoms with E-state index < -0.39 is 28.6 Å². The van der Waals surface area contributed by atoms with E-state index in [9.17, 15) is 15.8 Å². The van der Waals surface area contributed by atoms with Crippen LogP contribution in [0, 0.1) is 70.0 Å². The topological polar surface area (TPSA) is 114 Å². The maximum absolute atomic E-state index is 10.3. The van der Waals surface area contributed by atoms with Crippen LogP contribution in [-0.4, -0.2) is 11.7 Å². The monoisotopic (exact) mass is 374 g/mol. The predicted molar refractivity (Wildman–Crippen MR) is 99.6 cm³/mol. The van der Waals surface area contributed by atoms with Gasteiger partial charge in [-0.05, 0) is 37.8 Å². The van der Waals surface area contributed by atoms with Crippen LogP contribution in [0.4, 0.5) is 0 Å². The average molecular weight is 374 g/mol. The van der Waals surface area contributed by atoms with Gasteiger partial charge in [0.25, 0.3) is 0 Å². The molecule has 2 saturated heterocycles. The molecule has 0 amide bonds. The van der Waals surface area contributed by atoms with E-state index in [4.69, 9.17) is 14.9 Å². The Kier molecular flexibility index (Phi) is 4.00. The second-order valence-corrected chi connectivity index (χ2v) is 8.20. The smallest absolute Gasteiger partial charge is 0.217 e. The van der Waals surface area contributed by atoms with Gasteiger partial charge in [-0.3, -0.25) is 5.41 Å². The summed E-state index contributed by atoms with van der Waals surface area (Å²) < 4.78 is 12.5. The third-order valence-electron chi connectivity index (χ3n) is 6.77. The lowest BCUT2D eigenvalue weighted by molar-refractivity contribution is -0.285. The number of nitrogens with zero attached hydrogens (tertiary/aromatic N) is 3. The number of nitrogens with one attached hydrogen (secondary N) is 1. The summed E-state index contributed by atoms with van der Waals surface area (Å²) in [5.74, 6) is -1.92. The molecule has 1 aromatic rings. The number of rotatable bonds is 1. The molecule has 6 nitrogen and oxygen atoms in total. The van der Waals surface area contributed by atoms with Gasteiger partial charge in [-0.2, -0.15) is 15.8 Å². The van der Waals surface area contributed by atoms with Gasteiger partial charge in [0.2, 0.25) is 17.1 Å². The highest BCUT2D eigenvalue weighted by molar-refractivity contribution is 5.89. The summed E-state index contributed by atoms with van der Waals surface area (Å²) in [6.07, 6.45) is 2.88. The number of benzene rings is 1. The molecule has 4 rings (SSSR count). The van der Waals surface area contributed by atoms with Gasteiger partial charge in [-0.15, -0.1) is 0 Å². The van der Waals surface area contributed by atoms with E-state index in [-0.39, 0.29) is 5.90 Å². The summed E-state index contributed by atoms with van der Waals surface area (Å²) in [7, 11) is 0. The van der Waals surface area contributed by atoms with E-state index in [0.717, 1.165) is 30.4 Å². The van der Waals surface area contributed by atoms with Crippen LogP contribution in [0.5, 0.6) is 0 Å². The highest BCUT2D eigenvalue weighted by atomic mass is 16.7. The van der Waals surface area contributed by atoms with Crippen molar-refractivity contribution in [3.63, 3.8) is 0 Å². The van der Waals surface area contributed by atoms with Gasteiger partial charge >= 0.3 is 0 Å². The molecule has 4 unspecified atom stereocenters. The zero-order valence-electron chi connectivity index (χ0n) is 16.1. The minimum Gasteiger partial charge on any atom is -0.447 e. The van der Waals surface area contributed by atoms with Crippen molar-refractivity contribution in [1.29, 1.82) is 21.2 Å². The molecule has 4 atom stereocenters. The van der Waals surface area contributed by atoms with E-state index in [1.807, 2.05) is 32.0 Å². The molecule has 3 aliphatic rings.